The van der Waals surface area contributed by atoms with Crippen molar-refractivity contribution in [3.8, 4) is 11.5 Å². The minimum absolute atomic E-state index is 0.0808. The van der Waals surface area contributed by atoms with Gasteiger partial charge in [0.25, 0.3) is 0 Å². The Morgan fingerprint density at radius 3 is 2.84 bits per heavy atom. The second-order valence-corrected chi connectivity index (χ2v) is 9.53. The molecule has 0 unspecified atom stereocenters. The molecule has 0 radical (unpaired) electrons. The molecule has 4 rings (SSSR count). The Balaban J connectivity index is 1.37. The molecule has 0 saturated heterocycles. The van der Waals surface area contributed by atoms with Gasteiger partial charge in [0.1, 0.15) is 5.75 Å². The molecule has 0 bridgehead atoms. The standard InChI is InChI=1S/C23H21ClN2O3S2/c24-17-7-8-21-19(12-17)26(14-16-4-1-2-6-20(16)29-21)23(28)13-25-22(27)9-11-30-15-18-5-3-10-31-18/h1-8,10,12H,9,11,13-15H2,(H,25,27). The minimum Gasteiger partial charge on any atom is -0.455 e. The fraction of sp³-hybridized carbons (Fsp3) is 0.217. The summed E-state index contributed by atoms with van der Waals surface area (Å²) in [5, 5.41) is 5.31. The molecule has 0 spiro atoms. The van der Waals surface area contributed by atoms with E-state index in [0.717, 1.165) is 11.3 Å². The van der Waals surface area contributed by atoms with Crippen LogP contribution in [0.3, 0.4) is 0 Å². The van der Waals surface area contributed by atoms with Gasteiger partial charge in [0.05, 0.1) is 18.8 Å². The van der Waals surface area contributed by atoms with Gasteiger partial charge in [-0.05, 0) is 35.7 Å². The molecule has 0 atom stereocenters. The molecular weight excluding hydrogens is 452 g/mol. The minimum atomic E-state index is -0.219. The predicted octanol–water partition coefficient (Wildman–Crippen LogP) is 5.48. The van der Waals surface area contributed by atoms with Crippen LogP contribution in [0.2, 0.25) is 5.02 Å². The number of carbonyl (C=O) groups excluding carboxylic acids is 2. The number of anilines is 1. The second-order valence-electron chi connectivity index (χ2n) is 6.96. The number of fused-ring (bicyclic) bond motifs is 2. The van der Waals surface area contributed by atoms with Crippen LogP contribution < -0.4 is 15.0 Å². The number of hydrogen-bond acceptors (Lipinski definition) is 5. The van der Waals surface area contributed by atoms with Gasteiger partial charge >= 0.3 is 0 Å². The van der Waals surface area contributed by atoms with Crippen LogP contribution >= 0.6 is 34.7 Å². The number of benzene rings is 2. The van der Waals surface area contributed by atoms with Crippen molar-refractivity contribution in [2.45, 2.75) is 18.7 Å². The second kappa shape index (κ2) is 10.2. The zero-order valence-corrected chi connectivity index (χ0v) is 19.1. The lowest BCUT2D eigenvalue weighted by molar-refractivity contribution is -0.124. The van der Waals surface area contributed by atoms with E-state index < -0.39 is 0 Å². The van der Waals surface area contributed by atoms with Crippen LogP contribution in [0.4, 0.5) is 5.69 Å². The maximum Gasteiger partial charge on any atom is 0.246 e. The fourth-order valence-corrected chi connectivity index (χ4v) is 5.16. The van der Waals surface area contributed by atoms with E-state index in [9.17, 15) is 9.59 Å². The third-order valence-electron chi connectivity index (χ3n) is 4.77. The van der Waals surface area contributed by atoms with Crippen LogP contribution in [0.15, 0.2) is 60.0 Å². The van der Waals surface area contributed by atoms with Crippen molar-refractivity contribution in [2.75, 3.05) is 17.2 Å². The van der Waals surface area contributed by atoms with Gasteiger partial charge in [-0.1, -0.05) is 35.9 Å². The van der Waals surface area contributed by atoms with Crippen molar-refractivity contribution in [3.05, 3.63) is 75.4 Å². The molecule has 1 aromatic heterocycles. The zero-order chi connectivity index (χ0) is 21.6. The number of thioether (sulfide) groups is 1. The molecular formula is C23H21ClN2O3S2. The van der Waals surface area contributed by atoms with Gasteiger partial charge in [0.2, 0.25) is 11.8 Å². The van der Waals surface area contributed by atoms with Crippen LogP contribution in [0.5, 0.6) is 11.5 Å². The summed E-state index contributed by atoms with van der Waals surface area (Å²) in [5.74, 6) is 2.51. The molecule has 2 aromatic carbocycles. The number of amides is 2. The Hall–Kier alpha value is -2.48. The van der Waals surface area contributed by atoms with Crippen LogP contribution in [0.1, 0.15) is 16.9 Å². The Kier molecular flexibility index (Phi) is 7.17. The van der Waals surface area contributed by atoms with E-state index in [1.807, 2.05) is 35.7 Å². The zero-order valence-electron chi connectivity index (χ0n) is 16.7. The molecule has 0 aliphatic carbocycles. The quantitative estimate of drug-likeness (QED) is 0.462. The number of hydrogen-bond donors (Lipinski definition) is 1. The van der Waals surface area contributed by atoms with Crippen LogP contribution in [0.25, 0.3) is 0 Å². The van der Waals surface area contributed by atoms with Gasteiger partial charge < -0.3 is 15.0 Å². The number of halogens is 1. The van der Waals surface area contributed by atoms with Crippen LogP contribution in [-0.4, -0.2) is 24.1 Å². The largest absolute Gasteiger partial charge is 0.455 e. The van der Waals surface area contributed by atoms with Crippen molar-refractivity contribution in [3.63, 3.8) is 0 Å². The summed E-state index contributed by atoms with van der Waals surface area (Å²) >= 11 is 9.61. The van der Waals surface area contributed by atoms with Gasteiger partial charge in [0.15, 0.2) is 5.75 Å². The molecule has 0 fully saturated rings. The number of ether oxygens (including phenoxy) is 1. The molecule has 2 heterocycles. The van der Waals surface area contributed by atoms with Gasteiger partial charge in [-0.15, -0.1) is 11.3 Å². The summed E-state index contributed by atoms with van der Waals surface area (Å²) in [6.45, 7) is 0.261. The Bertz CT molecular complexity index is 1070. The lowest BCUT2D eigenvalue weighted by atomic mass is 10.2. The first kappa shape index (κ1) is 21.7. The lowest BCUT2D eigenvalue weighted by Crippen LogP contribution is -2.39. The van der Waals surface area contributed by atoms with Gasteiger partial charge in [-0.2, -0.15) is 11.8 Å². The highest BCUT2D eigenvalue weighted by atomic mass is 35.5. The highest BCUT2D eigenvalue weighted by Gasteiger charge is 2.25. The average molecular weight is 473 g/mol. The molecule has 3 aromatic rings. The molecule has 31 heavy (non-hydrogen) atoms. The molecule has 0 saturated carbocycles. The highest BCUT2D eigenvalue weighted by molar-refractivity contribution is 7.98. The smallest absolute Gasteiger partial charge is 0.246 e. The van der Waals surface area contributed by atoms with E-state index in [4.69, 9.17) is 16.3 Å². The van der Waals surface area contributed by atoms with Gasteiger partial charge in [-0.25, -0.2) is 0 Å². The highest BCUT2D eigenvalue weighted by Crippen LogP contribution is 2.40. The maximum atomic E-state index is 13.0. The van der Waals surface area contributed by atoms with E-state index in [1.54, 1.807) is 46.2 Å². The summed E-state index contributed by atoms with van der Waals surface area (Å²) in [7, 11) is 0. The summed E-state index contributed by atoms with van der Waals surface area (Å²) in [6.07, 6.45) is 0.373. The Morgan fingerprint density at radius 1 is 1.13 bits per heavy atom. The van der Waals surface area contributed by atoms with Gasteiger partial charge in [-0.3, -0.25) is 9.59 Å². The molecule has 5 nitrogen and oxygen atoms in total. The van der Waals surface area contributed by atoms with Crippen molar-refractivity contribution in [1.29, 1.82) is 0 Å². The summed E-state index contributed by atoms with van der Waals surface area (Å²) in [5.41, 5.74) is 1.48. The van der Waals surface area contributed by atoms with E-state index in [0.29, 0.717) is 40.9 Å². The first-order chi connectivity index (χ1) is 15.1. The predicted molar refractivity (Wildman–Crippen MR) is 127 cm³/mol. The molecule has 1 aliphatic heterocycles. The SMILES string of the molecule is O=C(CCSCc1cccs1)NCC(=O)N1Cc2ccccc2Oc2ccc(Cl)cc21. The molecule has 1 aliphatic rings. The summed E-state index contributed by atoms with van der Waals surface area (Å²) in [6, 6.07) is 16.9. The number of para-hydroxylation sites is 1. The van der Waals surface area contributed by atoms with E-state index in [-0.39, 0.29) is 18.4 Å². The lowest BCUT2D eigenvalue weighted by Gasteiger charge is -2.22. The van der Waals surface area contributed by atoms with Crippen molar-refractivity contribution in [2.24, 2.45) is 0 Å². The Morgan fingerprint density at radius 2 is 2.00 bits per heavy atom. The van der Waals surface area contributed by atoms with Crippen LogP contribution in [0, 0.1) is 0 Å². The summed E-state index contributed by atoms with van der Waals surface area (Å²) in [4.78, 5) is 28.2. The number of carbonyl (C=O) groups is 2. The fourth-order valence-electron chi connectivity index (χ4n) is 3.21. The van der Waals surface area contributed by atoms with Crippen molar-refractivity contribution < 1.29 is 14.3 Å². The Labute approximate surface area is 194 Å². The van der Waals surface area contributed by atoms with Crippen LogP contribution in [-0.2, 0) is 21.9 Å². The van der Waals surface area contributed by atoms with Gasteiger partial charge in [0, 0.05) is 33.4 Å². The average Bonchev–Trinajstić information content (AvgIpc) is 3.23. The van der Waals surface area contributed by atoms with E-state index >= 15 is 0 Å². The third kappa shape index (κ3) is 5.61. The topological polar surface area (TPSA) is 58.6 Å². The molecule has 160 valence electrons. The number of thiophene rings is 1. The first-order valence-corrected chi connectivity index (χ1v) is 12.2. The van der Waals surface area contributed by atoms with E-state index in [1.165, 1.54) is 4.88 Å². The number of nitrogens with one attached hydrogen (secondary N) is 1. The molecule has 2 amide bonds. The monoisotopic (exact) mass is 472 g/mol. The number of rotatable bonds is 7. The number of nitrogens with zero attached hydrogens (tertiary/aromatic N) is 1. The first-order valence-electron chi connectivity index (χ1n) is 9.82. The summed E-state index contributed by atoms with van der Waals surface area (Å²) < 4.78 is 6.02. The van der Waals surface area contributed by atoms with E-state index in [2.05, 4.69) is 11.4 Å². The third-order valence-corrected chi connectivity index (χ3v) is 7.07. The maximum absolute atomic E-state index is 13.0. The normalized spacial score (nSPS) is 12.4. The molecule has 1 N–H and O–H groups in total. The van der Waals surface area contributed by atoms with Crippen molar-refractivity contribution in [1.82, 2.24) is 5.32 Å². The van der Waals surface area contributed by atoms with Crippen molar-refractivity contribution >= 4 is 52.2 Å². The molecule has 8 heteroatoms.